The largest absolute Gasteiger partial charge is 0.497 e. The first-order chi connectivity index (χ1) is 10.2. The van der Waals surface area contributed by atoms with Gasteiger partial charge in [0, 0.05) is 11.5 Å². The minimum atomic E-state index is -0.0337. The van der Waals surface area contributed by atoms with E-state index in [4.69, 9.17) is 4.74 Å². The summed E-state index contributed by atoms with van der Waals surface area (Å²) in [6.45, 7) is 2.09. The monoisotopic (exact) mass is 280 g/mol. The zero-order valence-corrected chi connectivity index (χ0v) is 12.6. The molecule has 2 aromatic carbocycles. The maximum atomic E-state index is 12.9. The van der Waals surface area contributed by atoms with E-state index in [1.165, 1.54) is 11.1 Å². The highest BCUT2D eigenvalue weighted by Crippen LogP contribution is 2.33. The van der Waals surface area contributed by atoms with Crippen molar-refractivity contribution in [3.8, 4) is 5.75 Å². The Morgan fingerprint density at radius 2 is 1.86 bits per heavy atom. The Kier molecular flexibility index (Phi) is 3.78. The highest BCUT2D eigenvalue weighted by molar-refractivity contribution is 6.02. The molecule has 0 heterocycles. The Balaban J connectivity index is 2.12. The summed E-state index contributed by atoms with van der Waals surface area (Å²) in [5.74, 6) is 1.03. The van der Waals surface area contributed by atoms with E-state index in [-0.39, 0.29) is 11.7 Å². The van der Waals surface area contributed by atoms with Crippen molar-refractivity contribution in [2.24, 2.45) is 0 Å². The molecule has 108 valence electrons. The molecule has 1 aliphatic rings. The number of Topliss-reactive ketones (excluding diaryl/α,β-unsaturated/α-hetero) is 1. The highest BCUT2D eigenvalue weighted by Gasteiger charge is 2.26. The molecule has 0 radical (unpaired) electrons. The minimum Gasteiger partial charge on any atom is -0.497 e. The van der Waals surface area contributed by atoms with Gasteiger partial charge in [-0.1, -0.05) is 31.2 Å². The SMILES string of the molecule is CC[C@@H]1C(=O)c2ccc(OC)cc2CCc2ccccc21. The van der Waals surface area contributed by atoms with Gasteiger partial charge in [-0.05, 0) is 54.2 Å². The van der Waals surface area contributed by atoms with Gasteiger partial charge in [0.05, 0.1) is 7.11 Å². The molecule has 1 aliphatic carbocycles. The van der Waals surface area contributed by atoms with Crippen LogP contribution in [-0.4, -0.2) is 12.9 Å². The van der Waals surface area contributed by atoms with E-state index in [2.05, 4.69) is 25.1 Å². The number of ketones is 1. The van der Waals surface area contributed by atoms with Crippen LogP contribution in [0, 0.1) is 0 Å². The van der Waals surface area contributed by atoms with Gasteiger partial charge in [0.1, 0.15) is 5.75 Å². The Morgan fingerprint density at radius 1 is 1.10 bits per heavy atom. The molecule has 0 aliphatic heterocycles. The number of fused-ring (bicyclic) bond motifs is 2. The second kappa shape index (κ2) is 5.72. The maximum Gasteiger partial charge on any atom is 0.170 e. The number of hydrogen-bond donors (Lipinski definition) is 0. The van der Waals surface area contributed by atoms with Gasteiger partial charge in [-0.25, -0.2) is 0 Å². The number of ether oxygens (including phenoxy) is 1. The van der Waals surface area contributed by atoms with E-state index in [1.807, 2.05) is 24.3 Å². The fourth-order valence-corrected chi connectivity index (χ4v) is 3.25. The van der Waals surface area contributed by atoms with Crippen molar-refractivity contribution in [1.82, 2.24) is 0 Å². The van der Waals surface area contributed by atoms with Crippen molar-refractivity contribution < 1.29 is 9.53 Å². The molecular formula is C19H20O2. The summed E-state index contributed by atoms with van der Waals surface area (Å²) in [7, 11) is 1.66. The molecule has 0 aromatic heterocycles. The molecule has 2 aromatic rings. The number of carbonyl (C=O) groups excluding carboxylic acids is 1. The van der Waals surface area contributed by atoms with E-state index in [0.29, 0.717) is 0 Å². The standard InChI is InChI=1S/C19H20O2/c1-3-16-17-7-5-4-6-13(17)8-9-14-12-15(21-2)10-11-18(14)19(16)20/h4-7,10-12,16H,3,8-9H2,1-2H3/t16-/m0/s1. The van der Waals surface area contributed by atoms with Crippen molar-refractivity contribution in [2.75, 3.05) is 7.11 Å². The maximum absolute atomic E-state index is 12.9. The second-order valence-corrected chi connectivity index (χ2v) is 5.55. The van der Waals surface area contributed by atoms with Crippen LogP contribution in [0.25, 0.3) is 0 Å². The van der Waals surface area contributed by atoms with Gasteiger partial charge in [-0.15, -0.1) is 0 Å². The minimum absolute atomic E-state index is 0.0337. The average molecular weight is 280 g/mol. The molecule has 0 amide bonds. The second-order valence-electron chi connectivity index (χ2n) is 5.55. The van der Waals surface area contributed by atoms with Crippen LogP contribution >= 0.6 is 0 Å². The van der Waals surface area contributed by atoms with Crippen LogP contribution in [0.4, 0.5) is 0 Å². The molecule has 0 N–H and O–H groups in total. The normalized spacial score (nSPS) is 17.4. The molecule has 21 heavy (non-hydrogen) atoms. The third-order valence-corrected chi connectivity index (χ3v) is 4.40. The van der Waals surface area contributed by atoms with Gasteiger partial charge < -0.3 is 4.74 Å². The molecule has 0 saturated heterocycles. The molecular weight excluding hydrogens is 260 g/mol. The molecule has 3 rings (SSSR count). The van der Waals surface area contributed by atoms with Crippen LogP contribution in [0.15, 0.2) is 42.5 Å². The smallest absolute Gasteiger partial charge is 0.170 e. The van der Waals surface area contributed by atoms with Crippen LogP contribution < -0.4 is 4.74 Å². The first-order valence-electron chi connectivity index (χ1n) is 7.53. The molecule has 0 saturated carbocycles. The molecule has 2 nitrogen and oxygen atoms in total. The lowest BCUT2D eigenvalue weighted by Gasteiger charge is -2.23. The summed E-state index contributed by atoms with van der Waals surface area (Å²) in [4.78, 5) is 12.9. The topological polar surface area (TPSA) is 26.3 Å². The van der Waals surface area contributed by atoms with Crippen LogP contribution in [0.1, 0.15) is 46.3 Å². The van der Waals surface area contributed by atoms with Gasteiger partial charge >= 0.3 is 0 Å². The first kappa shape index (κ1) is 13.9. The third kappa shape index (κ3) is 2.46. The zero-order chi connectivity index (χ0) is 14.8. The highest BCUT2D eigenvalue weighted by atomic mass is 16.5. The van der Waals surface area contributed by atoms with Crippen LogP contribution in [0.3, 0.4) is 0 Å². The summed E-state index contributed by atoms with van der Waals surface area (Å²) >= 11 is 0. The van der Waals surface area contributed by atoms with Gasteiger partial charge in [0.15, 0.2) is 5.78 Å². The fourth-order valence-electron chi connectivity index (χ4n) is 3.25. The quantitative estimate of drug-likeness (QED) is 0.825. The molecule has 1 atom stereocenters. The van der Waals surface area contributed by atoms with Crippen LogP contribution in [-0.2, 0) is 12.8 Å². The van der Waals surface area contributed by atoms with Gasteiger partial charge in [0.25, 0.3) is 0 Å². The van der Waals surface area contributed by atoms with E-state index in [1.54, 1.807) is 7.11 Å². The molecule has 0 spiro atoms. The first-order valence-corrected chi connectivity index (χ1v) is 7.53. The molecule has 0 bridgehead atoms. The molecule has 0 unspecified atom stereocenters. The average Bonchev–Trinajstić information content (AvgIpc) is 2.53. The lowest BCUT2D eigenvalue weighted by Crippen LogP contribution is -2.19. The summed E-state index contributed by atoms with van der Waals surface area (Å²) in [5.41, 5.74) is 4.46. The van der Waals surface area contributed by atoms with Crippen molar-refractivity contribution in [3.05, 3.63) is 64.7 Å². The van der Waals surface area contributed by atoms with Crippen LogP contribution in [0.5, 0.6) is 5.75 Å². The zero-order valence-electron chi connectivity index (χ0n) is 12.6. The van der Waals surface area contributed by atoms with Gasteiger partial charge in [-0.3, -0.25) is 4.79 Å². The van der Waals surface area contributed by atoms with E-state index in [0.717, 1.165) is 36.1 Å². The summed E-state index contributed by atoms with van der Waals surface area (Å²) < 4.78 is 5.30. The fraction of sp³-hybridized carbons (Fsp3) is 0.316. The van der Waals surface area contributed by atoms with Crippen LogP contribution in [0.2, 0.25) is 0 Å². The molecule has 0 fully saturated rings. The van der Waals surface area contributed by atoms with Gasteiger partial charge in [-0.2, -0.15) is 0 Å². The Morgan fingerprint density at radius 3 is 2.62 bits per heavy atom. The number of carbonyl (C=O) groups is 1. The van der Waals surface area contributed by atoms with Gasteiger partial charge in [0.2, 0.25) is 0 Å². The Labute approximate surface area is 125 Å². The molecule has 2 heteroatoms. The summed E-state index contributed by atoms with van der Waals surface area (Å²) in [6.07, 6.45) is 2.69. The summed E-state index contributed by atoms with van der Waals surface area (Å²) in [6, 6.07) is 14.2. The van der Waals surface area contributed by atoms with E-state index in [9.17, 15) is 4.79 Å². The number of methoxy groups -OCH3 is 1. The lowest BCUT2D eigenvalue weighted by molar-refractivity contribution is 0.0955. The van der Waals surface area contributed by atoms with Crippen molar-refractivity contribution in [3.63, 3.8) is 0 Å². The van der Waals surface area contributed by atoms with Crippen molar-refractivity contribution >= 4 is 5.78 Å². The number of aryl methyl sites for hydroxylation is 2. The van der Waals surface area contributed by atoms with Crippen molar-refractivity contribution in [2.45, 2.75) is 32.1 Å². The van der Waals surface area contributed by atoms with Crippen molar-refractivity contribution in [1.29, 1.82) is 0 Å². The Hall–Kier alpha value is -2.09. The predicted molar refractivity (Wildman–Crippen MR) is 84.2 cm³/mol. The van der Waals surface area contributed by atoms with E-state index >= 15 is 0 Å². The number of benzene rings is 2. The Bertz CT molecular complexity index is 673. The number of hydrogen-bond acceptors (Lipinski definition) is 2. The summed E-state index contributed by atoms with van der Waals surface area (Å²) in [5, 5.41) is 0. The lowest BCUT2D eigenvalue weighted by atomic mass is 9.80. The number of rotatable bonds is 2. The van der Waals surface area contributed by atoms with E-state index < -0.39 is 0 Å². The predicted octanol–water partition coefficient (Wildman–Crippen LogP) is 4.17. The third-order valence-electron chi connectivity index (χ3n) is 4.40.